The van der Waals surface area contributed by atoms with Gasteiger partial charge in [0.05, 0.1) is 0 Å². The van der Waals surface area contributed by atoms with Gasteiger partial charge in [-0.1, -0.05) is 13.8 Å². The number of carbonyl (C=O) groups is 1. The highest BCUT2D eigenvalue weighted by Crippen LogP contribution is 2.29. The first-order valence-corrected chi connectivity index (χ1v) is 8.94. The van der Waals surface area contributed by atoms with Crippen LogP contribution in [0.2, 0.25) is 0 Å². The van der Waals surface area contributed by atoms with E-state index in [9.17, 15) is 4.79 Å². The van der Waals surface area contributed by atoms with E-state index in [2.05, 4.69) is 39.6 Å². The van der Waals surface area contributed by atoms with Crippen LogP contribution in [0.25, 0.3) is 0 Å². The Hall–Kier alpha value is -0.390. The van der Waals surface area contributed by atoms with Crippen molar-refractivity contribution in [2.45, 2.75) is 45.7 Å². The average molecular weight is 359 g/mol. The topological polar surface area (TPSA) is 32.3 Å². The highest BCUT2D eigenvalue weighted by Gasteiger charge is 2.25. The first-order chi connectivity index (χ1) is 9.49. The third kappa shape index (κ3) is 3.83. The fourth-order valence-corrected chi connectivity index (χ4v) is 4.41. The van der Waals surface area contributed by atoms with Gasteiger partial charge in [-0.2, -0.15) is 0 Å². The van der Waals surface area contributed by atoms with Crippen LogP contribution in [0.3, 0.4) is 0 Å². The van der Waals surface area contributed by atoms with E-state index in [0.717, 1.165) is 25.9 Å². The van der Waals surface area contributed by atoms with Crippen LogP contribution in [0, 0.1) is 5.92 Å². The Kier molecular flexibility index (Phi) is 5.64. The van der Waals surface area contributed by atoms with Gasteiger partial charge in [0.1, 0.15) is 0 Å². The Morgan fingerprint density at radius 1 is 1.40 bits per heavy atom. The monoisotopic (exact) mass is 358 g/mol. The van der Waals surface area contributed by atoms with Crippen LogP contribution in [0.15, 0.2) is 15.9 Å². The Morgan fingerprint density at radius 2 is 2.05 bits per heavy atom. The molecule has 1 aliphatic heterocycles. The summed E-state index contributed by atoms with van der Waals surface area (Å²) in [7, 11) is 0. The number of carbonyl (C=O) groups excluding carboxylic acids is 1. The van der Waals surface area contributed by atoms with Crippen molar-refractivity contribution >= 4 is 33.2 Å². The molecule has 1 atom stereocenters. The SMILES string of the molecule is CC(C)C(=O)N1CCC(NC(C)c2sccc2Br)CC1. The number of halogens is 1. The maximum Gasteiger partial charge on any atom is 0.225 e. The van der Waals surface area contributed by atoms with E-state index in [-0.39, 0.29) is 11.8 Å². The molecule has 3 nitrogen and oxygen atoms in total. The second kappa shape index (κ2) is 7.05. The number of nitrogens with one attached hydrogen (secondary N) is 1. The lowest BCUT2D eigenvalue weighted by molar-refractivity contribution is -0.135. The van der Waals surface area contributed by atoms with Gasteiger partial charge in [-0.15, -0.1) is 11.3 Å². The standard InChI is InChI=1S/C15H23BrN2OS/c1-10(2)15(19)18-7-4-12(5-8-18)17-11(3)14-13(16)6-9-20-14/h6,9-12,17H,4-5,7-8H2,1-3H3. The van der Waals surface area contributed by atoms with E-state index in [1.807, 2.05) is 18.7 Å². The largest absolute Gasteiger partial charge is 0.342 e. The van der Waals surface area contributed by atoms with Gasteiger partial charge < -0.3 is 10.2 Å². The van der Waals surface area contributed by atoms with E-state index in [1.165, 1.54) is 9.35 Å². The second-order valence-electron chi connectivity index (χ2n) is 5.78. The fourth-order valence-electron chi connectivity index (χ4n) is 2.68. The molecule has 1 aliphatic rings. The highest BCUT2D eigenvalue weighted by atomic mass is 79.9. The van der Waals surface area contributed by atoms with E-state index in [1.54, 1.807) is 11.3 Å². The zero-order chi connectivity index (χ0) is 14.7. The number of rotatable bonds is 4. The van der Waals surface area contributed by atoms with Gasteiger partial charge in [0.2, 0.25) is 5.91 Å². The van der Waals surface area contributed by atoms with Crippen molar-refractivity contribution in [1.82, 2.24) is 10.2 Å². The van der Waals surface area contributed by atoms with Gasteiger partial charge in [0.25, 0.3) is 0 Å². The van der Waals surface area contributed by atoms with Gasteiger partial charge in [0, 0.05) is 40.4 Å². The third-order valence-electron chi connectivity index (χ3n) is 3.82. The van der Waals surface area contributed by atoms with E-state index < -0.39 is 0 Å². The summed E-state index contributed by atoms with van der Waals surface area (Å²) >= 11 is 5.38. The zero-order valence-corrected chi connectivity index (χ0v) is 14.8. The first kappa shape index (κ1) is 16.0. The lowest BCUT2D eigenvalue weighted by atomic mass is 10.0. The molecule has 1 saturated heterocycles. The number of amides is 1. The smallest absolute Gasteiger partial charge is 0.225 e. The molecule has 0 radical (unpaired) electrons. The minimum Gasteiger partial charge on any atom is -0.342 e. The molecule has 1 aromatic heterocycles. The Bertz CT molecular complexity index is 452. The van der Waals surface area contributed by atoms with Gasteiger partial charge in [-0.05, 0) is 47.1 Å². The molecule has 1 amide bonds. The molecule has 2 heterocycles. The Balaban J connectivity index is 1.83. The van der Waals surface area contributed by atoms with Crippen LogP contribution in [0.4, 0.5) is 0 Å². The summed E-state index contributed by atoms with van der Waals surface area (Å²) in [5.41, 5.74) is 0. The van der Waals surface area contributed by atoms with Gasteiger partial charge in [-0.25, -0.2) is 0 Å². The van der Waals surface area contributed by atoms with Gasteiger partial charge in [0.15, 0.2) is 0 Å². The molecule has 1 N–H and O–H groups in total. The van der Waals surface area contributed by atoms with E-state index in [4.69, 9.17) is 0 Å². The maximum absolute atomic E-state index is 12.0. The maximum atomic E-state index is 12.0. The first-order valence-electron chi connectivity index (χ1n) is 7.26. The summed E-state index contributed by atoms with van der Waals surface area (Å²) in [6.45, 7) is 7.92. The van der Waals surface area contributed by atoms with Crippen LogP contribution in [-0.2, 0) is 4.79 Å². The number of piperidine rings is 1. The number of nitrogens with zero attached hydrogens (tertiary/aromatic N) is 1. The number of likely N-dealkylation sites (tertiary alicyclic amines) is 1. The normalized spacial score (nSPS) is 18.6. The van der Waals surface area contributed by atoms with Crippen molar-refractivity contribution in [3.63, 3.8) is 0 Å². The molecule has 112 valence electrons. The summed E-state index contributed by atoms with van der Waals surface area (Å²) in [4.78, 5) is 15.3. The molecular formula is C15H23BrN2OS. The number of hydrogen-bond acceptors (Lipinski definition) is 3. The quantitative estimate of drug-likeness (QED) is 0.887. The van der Waals surface area contributed by atoms with Gasteiger partial charge >= 0.3 is 0 Å². The third-order valence-corrected chi connectivity index (χ3v) is 5.88. The molecule has 0 saturated carbocycles. The van der Waals surface area contributed by atoms with Crippen LogP contribution in [0.1, 0.15) is 44.5 Å². The molecule has 0 spiro atoms. The molecule has 2 rings (SSSR count). The molecule has 1 unspecified atom stereocenters. The van der Waals surface area contributed by atoms with Crippen molar-refractivity contribution < 1.29 is 4.79 Å². The predicted octanol–water partition coefficient (Wildman–Crippen LogP) is 3.81. The van der Waals surface area contributed by atoms with E-state index in [0.29, 0.717) is 12.1 Å². The minimum atomic E-state index is 0.112. The van der Waals surface area contributed by atoms with Gasteiger partial charge in [-0.3, -0.25) is 4.79 Å². The summed E-state index contributed by atoms with van der Waals surface area (Å²) in [6, 6.07) is 2.97. The van der Waals surface area contributed by atoms with E-state index >= 15 is 0 Å². The lowest BCUT2D eigenvalue weighted by Gasteiger charge is -2.34. The van der Waals surface area contributed by atoms with Crippen molar-refractivity contribution in [3.05, 3.63) is 20.8 Å². The predicted molar refractivity (Wildman–Crippen MR) is 88.0 cm³/mol. The fraction of sp³-hybridized carbons (Fsp3) is 0.667. The molecule has 0 bridgehead atoms. The van der Waals surface area contributed by atoms with Crippen molar-refractivity contribution in [1.29, 1.82) is 0 Å². The summed E-state index contributed by atoms with van der Waals surface area (Å²) in [5.74, 6) is 0.401. The van der Waals surface area contributed by atoms with Crippen LogP contribution >= 0.6 is 27.3 Å². The van der Waals surface area contributed by atoms with Crippen molar-refractivity contribution in [2.75, 3.05) is 13.1 Å². The molecular weight excluding hydrogens is 336 g/mol. The molecule has 5 heteroatoms. The molecule has 0 aliphatic carbocycles. The van der Waals surface area contributed by atoms with Crippen LogP contribution in [-0.4, -0.2) is 29.9 Å². The van der Waals surface area contributed by atoms with Crippen molar-refractivity contribution in [3.8, 4) is 0 Å². The number of hydrogen-bond donors (Lipinski definition) is 1. The van der Waals surface area contributed by atoms with Crippen LogP contribution < -0.4 is 5.32 Å². The zero-order valence-electron chi connectivity index (χ0n) is 12.4. The van der Waals surface area contributed by atoms with Crippen molar-refractivity contribution in [2.24, 2.45) is 5.92 Å². The molecule has 1 aromatic rings. The number of thiophene rings is 1. The lowest BCUT2D eigenvalue weighted by Crippen LogP contribution is -2.46. The molecule has 20 heavy (non-hydrogen) atoms. The Labute approximate surface area is 133 Å². The van der Waals surface area contributed by atoms with Crippen LogP contribution in [0.5, 0.6) is 0 Å². The average Bonchev–Trinajstić information content (AvgIpc) is 2.85. The summed E-state index contributed by atoms with van der Waals surface area (Å²) < 4.78 is 1.19. The second-order valence-corrected chi connectivity index (χ2v) is 7.58. The summed E-state index contributed by atoms with van der Waals surface area (Å²) in [6.07, 6.45) is 2.09. The Morgan fingerprint density at radius 3 is 2.55 bits per heavy atom. The molecule has 0 aromatic carbocycles. The minimum absolute atomic E-state index is 0.112. The summed E-state index contributed by atoms with van der Waals surface area (Å²) in [5, 5.41) is 5.81. The highest BCUT2D eigenvalue weighted by molar-refractivity contribution is 9.10. The molecule has 1 fully saturated rings.